The molecule has 0 saturated carbocycles. The van der Waals surface area contributed by atoms with E-state index >= 15 is 0 Å². The number of hydrogen-bond donors (Lipinski definition) is 1. The Kier molecular flexibility index (Phi) is 5.94. The Bertz CT molecular complexity index is 462. The first-order valence-corrected chi connectivity index (χ1v) is 7.70. The highest BCUT2D eigenvalue weighted by molar-refractivity contribution is 9.10. The predicted molar refractivity (Wildman–Crippen MR) is 80.7 cm³/mol. The number of nitro benzene ring substituents is 1. The first-order valence-electron chi connectivity index (χ1n) is 6.91. The minimum absolute atomic E-state index is 0.107. The molecule has 1 atom stereocenters. The van der Waals surface area contributed by atoms with Crippen LogP contribution >= 0.6 is 15.9 Å². The molecule has 1 aromatic carbocycles. The van der Waals surface area contributed by atoms with E-state index in [0.29, 0.717) is 22.7 Å². The van der Waals surface area contributed by atoms with Gasteiger partial charge in [0.25, 0.3) is 5.69 Å². The van der Waals surface area contributed by atoms with Crippen molar-refractivity contribution in [3.05, 3.63) is 38.3 Å². The van der Waals surface area contributed by atoms with Crippen molar-refractivity contribution in [1.29, 1.82) is 0 Å². The molecule has 1 aromatic rings. The van der Waals surface area contributed by atoms with Crippen LogP contribution < -0.4 is 5.32 Å². The van der Waals surface area contributed by atoms with E-state index in [0.717, 1.165) is 13.0 Å². The van der Waals surface area contributed by atoms with Crippen molar-refractivity contribution in [3.8, 4) is 0 Å². The van der Waals surface area contributed by atoms with Crippen molar-refractivity contribution in [2.75, 3.05) is 13.2 Å². The molecule has 1 saturated heterocycles. The van der Waals surface area contributed by atoms with Gasteiger partial charge >= 0.3 is 0 Å². The van der Waals surface area contributed by atoms with Crippen LogP contribution in [0, 0.1) is 10.1 Å². The van der Waals surface area contributed by atoms with E-state index < -0.39 is 0 Å². The highest BCUT2D eigenvalue weighted by Gasteiger charge is 2.15. The van der Waals surface area contributed by atoms with Gasteiger partial charge in [0.2, 0.25) is 0 Å². The first kappa shape index (κ1) is 15.4. The van der Waals surface area contributed by atoms with E-state index in [1.165, 1.54) is 25.3 Å². The van der Waals surface area contributed by atoms with Crippen molar-refractivity contribution >= 4 is 21.6 Å². The molecule has 0 bridgehead atoms. The Balaban J connectivity index is 1.80. The zero-order valence-electron chi connectivity index (χ0n) is 11.3. The number of halogens is 1. The summed E-state index contributed by atoms with van der Waals surface area (Å²) in [6.07, 6.45) is 4.68. The Labute approximate surface area is 127 Å². The third kappa shape index (κ3) is 4.54. The van der Waals surface area contributed by atoms with E-state index in [-0.39, 0.29) is 17.2 Å². The number of rotatable bonds is 6. The molecular formula is C14H19BrN2O3. The molecule has 20 heavy (non-hydrogen) atoms. The van der Waals surface area contributed by atoms with Gasteiger partial charge in [-0.05, 0) is 37.9 Å². The maximum Gasteiger partial charge on any atom is 0.276 e. The van der Waals surface area contributed by atoms with Crippen molar-refractivity contribution in [2.45, 2.75) is 38.3 Å². The molecule has 1 heterocycles. The fourth-order valence-electron chi connectivity index (χ4n) is 2.41. The van der Waals surface area contributed by atoms with Crippen LogP contribution in [0.3, 0.4) is 0 Å². The van der Waals surface area contributed by atoms with Crippen LogP contribution in [0.2, 0.25) is 0 Å². The SMILES string of the molecule is O=[N+]([O-])c1cc(Br)ccc1COCCC1CCCCN1. The summed E-state index contributed by atoms with van der Waals surface area (Å²) >= 11 is 3.25. The van der Waals surface area contributed by atoms with Crippen LogP contribution in [0.4, 0.5) is 5.69 Å². The number of benzene rings is 1. The number of piperidine rings is 1. The van der Waals surface area contributed by atoms with Gasteiger partial charge in [-0.25, -0.2) is 0 Å². The smallest absolute Gasteiger partial charge is 0.276 e. The Morgan fingerprint density at radius 2 is 2.30 bits per heavy atom. The Hall–Kier alpha value is -0.980. The van der Waals surface area contributed by atoms with E-state index in [2.05, 4.69) is 21.2 Å². The second kappa shape index (κ2) is 7.71. The van der Waals surface area contributed by atoms with Gasteiger partial charge in [-0.3, -0.25) is 10.1 Å². The first-order chi connectivity index (χ1) is 9.66. The van der Waals surface area contributed by atoms with Gasteiger partial charge in [-0.1, -0.05) is 22.4 Å². The lowest BCUT2D eigenvalue weighted by Crippen LogP contribution is -2.34. The van der Waals surface area contributed by atoms with Crippen molar-refractivity contribution in [1.82, 2.24) is 5.32 Å². The van der Waals surface area contributed by atoms with Crippen LogP contribution in [-0.4, -0.2) is 24.1 Å². The molecule has 0 aliphatic carbocycles. The summed E-state index contributed by atoms with van der Waals surface area (Å²) in [7, 11) is 0. The topological polar surface area (TPSA) is 64.4 Å². The average molecular weight is 343 g/mol. The Morgan fingerprint density at radius 1 is 1.45 bits per heavy atom. The molecule has 6 heteroatoms. The third-order valence-electron chi connectivity index (χ3n) is 3.52. The highest BCUT2D eigenvalue weighted by atomic mass is 79.9. The van der Waals surface area contributed by atoms with Crippen LogP contribution in [0.25, 0.3) is 0 Å². The molecule has 1 unspecified atom stereocenters. The molecule has 110 valence electrons. The van der Waals surface area contributed by atoms with Crippen LogP contribution in [0.1, 0.15) is 31.2 Å². The molecule has 5 nitrogen and oxygen atoms in total. The lowest BCUT2D eigenvalue weighted by atomic mass is 10.0. The summed E-state index contributed by atoms with van der Waals surface area (Å²) in [6, 6.07) is 5.58. The second-order valence-corrected chi connectivity index (χ2v) is 5.93. The van der Waals surface area contributed by atoms with Crippen molar-refractivity contribution in [2.24, 2.45) is 0 Å². The quantitative estimate of drug-likeness (QED) is 0.488. The molecule has 0 radical (unpaired) electrons. The molecule has 1 N–H and O–H groups in total. The van der Waals surface area contributed by atoms with Crippen LogP contribution in [0.5, 0.6) is 0 Å². The molecule has 0 aromatic heterocycles. The number of hydrogen-bond acceptors (Lipinski definition) is 4. The Morgan fingerprint density at radius 3 is 3.00 bits per heavy atom. The second-order valence-electron chi connectivity index (χ2n) is 5.02. The van der Waals surface area contributed by atoms with Gasteiger partial charge in [0.15, 0.2) is 0 Å². The summed E-state index contributed by atoms with van der Waals surface area (Å²) in [5.74, 6) is 0. The summed E-state index contributed by atoms with van der Waals surface area (Å²) in [5.41, 5.74) is 0.727. The molecule has 0 spiro atoms. The molecule has 1 aliphatic heterocycles. The van der Waals surface area contributed by atoms with Crippen molar-refractivity contribution < 1.29 is 9.66 Å². The summed E-state index contributed by atoms with van der Waals surface area (Å²) < 4.78 is 6.30. The van der Waals surface area contributed by atoms with Gasteiger partial charge in [0.1, 0.15) is 0 Å². The van der Waals surface area contributed by atoms with Gasteiger partial charge in [0.05, 0.1) is 17.1 Å². The summed E-state index contributed by atoms with van der Waals surface area (Å²) in [4.78, 5) is 10.6. The fourth-order valence-corrected chi connectivity index (χ4v) is 2.76. The number of nitrogens with one attached hydrogen (secondary N) is 1. The lowest BCUT2D eigenvalue weighted by Gasteiger charge is -2.23. The average Bonchev–Trinajstić information content (AvgIpc) is 2.45. The van der Waals surface area contributed by atoms with Gasteiger partial charge in [0, 0.05) is 23.2 Å². The minimum atomic E-state index is -0.369. The highest BCUT2D eigenvalue weighted by Crippen LogP contribution is 2.24. The van der Waals surface area contributed by atoms with Gasteiger partial charge < -0.3 is 10.1 Å². The van der Waals surface area contributed by atoms with Gasteiger partial charge in [-0.15, -0.1) is 0 Å². The van der Waals surface area contributed by atoms with Gasteiger partial charge in [-0.2, -0.15) is 0 Å². The van der Waals surface area contributed by atoms with Crippen LogP contribution in [-0.2, 0) is 11.3 Å². The van der Waals surface area contributed by atoms with Crippen LogP contribution in [0.15, 0.2) is 22.7 Å². The molecule has 0 amide bonds. The maximum absolute atomic E-state index is 11.0. The van der Waals surface area contributed by atoms with E-state index in [1.807, 2.05) is 0 Å². The van der Waals surface area contributed by atoms with E-state index in [4.69, 9.17) is 4.74 Å². The molecular weight excluding hydrogens is 324 g/mol. The number of nitrogens with zero attached hydrogens (tertiary/aromatic N) is 1. The normalized spacial score (nSPS) is 18.9. The predicted octanol–water partition coefficient (Wildman–Crippen LogP) is 3.41. The molecule has 2 rings (SSSR count). The zero-order chi connectivity index (χ0) is 14.4. The standard InChI is InChI=1S/C14H19BrN2O3/c15-12-5-4-11(14(9-12)17(18)19)10-20-8-6-13-3-1-2-7-16-13/h4-5,9,13,16H,1-3,6-8,10H2. The van der Waals surface area contributed by atoms with E-state index in [1.54, 1.807) is 12.1 Å². The number of ether oxygens (including phenoxy) is 1. The fraction of sp³-hybridized carbons (Fsp3) is 0.571. The minimum Gasteiger partial charge on any atom is -0.376 e. The molecule has 1 fully saturated rings. The third-order valence-corrected chi connectivity index (χ3v) is 4.02. The number of nitro groups is 1. The monoisotopic (exact) mass is 342 g/mol. The molecule has 1 aliphatic rings. The summed E-state index contributed by atoms with van der Waals surface area (Å²) in [6.45, 7) is 2.00. The lowest BCUT2D eigenvalue weighted by molar-refractivity contribution is -0.386. The zero-order valence-corrected chi connectivity index (χ0v) is 12.9. The van der Waals surface area contributed by atoms with Crippen molar-refractivity contribution in [3.63, 3.8) is 0 Å². The maximum atomic E-state index is 11.0. The largest absolute Gasteiger partial charge is 0.376 e. The van der Waals surface area contributed by atoms with E-state index in [9.17, 15) is 10.1 Å². The summed E-state index contributed by atoms with van der Waals surface area (Å²) in [5, 5.41) is 14.4.